The van der Waals surface area contributed by atoms with E-state index in [9.17, 15) is 0 Å². The van der Waals surface area contributed by atoms with Crippen LogP contribution in [0.5, 0.6) is 0 Å². The van der Waals surface area contributed by atoms with E-state index >= 15 is 0 Å². The topological polar surface area (TPSA) is 17.8 Å². The Morgan fingerprint density at radius 1 is 1.50 bits per heavy atom. The summed E-state index contributed by atoms with van der Waals surface area (Å²) in [6.45, 7) is 11.7. The molecule has 0 amide bonds. The van der Waals surface area contributed by atoms with Crippen LogP contribution in [0, 0.1) is 0 Å². The molecular weight excluding hydrogens is 148 g/mol. The van der Waals surface area contributed by atoms with Crippen molar-refractivity contribution >= 4 is 12.3 Å². The number of imidazole rings is 1. The highest BCUT2D eigenvalue weighted by Gasteiger charge is 2.08. The molecule has 0 saturated heterocycles. The van der Waals surface area contributed by atoms with E-state index in [1.165, 1.54) is 0 Å². The minimum Gasteiger partial charge on any atom is -0.307 e. The normalized spacial score (nSPS) is 10.2. The van der Waals surface area contributed by atoms with Gasteiger partial charge in [0, 0.05) is 6.20 Å². The van der Waals surface area contributed by atoms with Crippen LogP contribution in [0.2, 0.25) is 0 Å². The molecule has 2 heteroatoms. The highest BCUT2D eigenvalue weighted by molar-refractivity contribution is 5.50. The smallest absolute Gasteiger partial charge is 0.0995 e. The standard InChI is InChI=1S/C10H14N2/c1-5-9-10(8(3)4)11-7-12(9)6-2/h5-8H,1-2H2,3-4H3. The molecule has 0 aliphatic heterocycles. The van der Waals surface area contributed by atoms with Crippen LogP contribution < -0.4 is 0 Å². The van der Waals surface area contributed by atoms with Crippen LogP contribution in [0.4, 0.5) is 0 Å². The fraction of sp³-hybridized carbons (Fsp3) is 0.300. The highest BCUT2D eigenvalue weighted by Crippen LogP contribution is 2.18. The Kier molecular flexibility index (Phi) is 2.48. The second kappa shape index (κ2) is 3.39. The largest absolute Gasteiger partial charge is 0.307 e. The molecule has 0 unspecified atom stereocenters. The third-order valence-corrected chi connectivity index (χ3v) is 1.80. The highest BCUT2D eigenvalue weighted by atomic mass is 15.0. The van der Waals surface area contributed by atoms with E-state index in [4.69, 9.17) is 0 Å². The van der Waals surface area contributed by atoms with Gasteiger partial charge in [-0.2, -0.15) is 0 Å². The molecule has 0 aliphatic carbocycles. The zero-order valence-electron chi connectivity index (χ0n) is 7.62. The zero-order chi connectivity index (χ0) is 9.14. The first-order valence-electron chi connectivity index (χ1n) is 4.02. The van der Waals surface area contributed by atoms with Crippen LogP contribution in [0.1, 0.15) is 31.2 Å². The van der Waals surface area contributed by atoms with Crippen molar-refractivity contribution in [2.24, 2.45) is 0 Å². The van der Waals surface area contributed by atoms with Crippen LogP contribution >= 0.6 is 0 Å². The molecule has 1 aromatic rings. The Labute approximate surface area is 73.2 Å². The van der Waals surface area contributed by atoms with Crippen LogP contribution in [-0.4, -0.2) is 9.55 Å². The van der Waals surface area contributed by atoms with E-state index in [-0.39, 0.29) is 0 Å². The minimum atomic E-state index is 0.430. The van der Waals surface area contributed by atoms with Gasteiger partial charge in [0.15, 0.2) is 0 Å². The molecule has 0 saturated carbocycles. The van der Waals surface area contributed by atoms with Crippen molar-refractivity contribution in [3.8, 4) is 0 Å². The summed E-state index contributed by atoms with van der Waals surface area (Å²) in [4.78, 5) is 4.28. The van der Waals surface area contributed by atoms with Gasteiger partial charge >= 0.3 is 0 Å². The molecule has 64 valence electrons. The summed E-state index contributed by atoms with van der Waals surface area (Å²) < 4.78 is 1.88. The van der Waals surface area contributed by atoms with Crippen molar-refractivity contribution in [3.05, 3.63) is 30.9 Å². The lowest BCUT2D eigenvalue weighted by Crippen LogP contribution is -1.93. The summed E-state index contributed by atoms with van der Waals surface area (Å²) in [6.07, 6.45) is 5.30. The predicted molar refractivity (Wildman–Crippen MR) is 52.8 cm³/mol. The van der Waals surface area contributed by atoms with E-state index in [1.807, 2.05) is 10.6 Å². The molecular formula is C10H14N2. The van der Waals surface area contributed by atoms with Crippen LogP contribution in [-0.2, 0) is 0 Å². The molecule has 0 spiro atoms. The number of aromatic nitrogens is 2. The first kappa shape index (κ1) is 8.78. The van der Waals surface area contributed by atoms with Gasteiger partial charge in [-0.3, -0.25) is 0 Å². The Balaban J connectivity index is 3.22. The molecule has 12 heavy (non-hydrogen) atoms. The maximum Gasteiger partial charge on any atom is 0.0995 e. The van der Waals surface area contributed by atoms with Crippen molar-refractivity contribution in [1.82, 2.24) is 9.55 Å². The van der Waals surface area contributed by atoms with Gasteiger partial charge < -0.3 is 4.57 Å². The second-order valence-corrected chi connectivity index (χ2v) is 2.96. The second-order valence-electron chi connectivity index (χ2n) is 2.96. The third kappa shape index (κ3) is 1.33. The van der Waals surface area contributed by atoms with Gasteiger partial charge in [-0.15, -0.1) is 0 Å². The van der Waals surface area contributed by atoms with E-state index < -0.39 is 0 Å². The van der Waals surface area contributed by atoms with Crippen LogP contribution in [0.25, 0.3) is 12.3 Å². The van der Waals surface area contributed by atoms with Crippen molar-refractivity contribution in [3.63, 3.8) is 0 Å². The van der Waals surface area contributed by atoms with Crippen molar-refractivity contribution in [2.45, 2.75) is 19.8 Å². The van der Waals surface area contributed by atoms with Crippen molar-refractivity contribution in [1.29, 1.82) is 0 Å². The number of hydrogen-bond acceptors (Lipinski definition) is 1. The first-order valence-corrected chi connectivity index (χ1v) is 4.02. The summed E-state index contributed by atoms with van der Waals surface area (Å²) >= 11 is 0. The number of rotatable bonds is 3. The fourth-order valence-electron chi connectivity index (χ4n) is 1.19. The van der Waals surface area contributed by atoms with E-state index in [2.05, 4.69) is 32.0 Å². The average molecular weight is 162 g/mol. The SMILES string of the molecule is C=Cc1c(C(C)C)ncn1C=C. The van der Waals surface area contributed by atoms with E-state index in [0.717, 1.165) is 11.4 Å². The fourth-order valence-corrected chi connectivity index (χ4v) is 1.19. The molecule has 1 aromatic heterocycles. The van der Waals surface area contributed by atoms with Crippen LogP contribution in [0.15, 0.2) is 19.5 Å². The van der Waals surface area contributed by atoms with Gasteiger partial charge in [0.05, 0.1) is 17.7 Å². The molecule has 2 nitrogen and oxygen atoms in total. The average Bonchev–Trinajstić information content (AvgIpc) is 2.46. The van der Waals surface area contributed by atoms with Gasteiger partial charge in [-0.1, -0.05) is 27.0 Å². The monoisotopic (exact) mass is 162 g/mol. The Morgan fingerprint density at radius 3 is 2.58 bits per heavy atom. The van der Waals surface area contributed by atoms with Crippen molar-refractivity contribution < 1.29 is 0 Å². The first-order chi connectivity index (χ1) is 5.70. The lowest BCUT2D eigenvalue weighted by molar-refractivity contribution is 0.829. The lowest BCUT2D eigenvalue weighted by Gasteiger charge is -2.03. The Morgan fingerprint density at radius 2 is 2.17 bits per heavy atom. The molecule has 0 N–H and O–H groups in total. The Bertz CT molecular complexity index is 295. The van der Waals surface area contributed by atoms with Gasteiger partial charge in [-0.05, 0) is 12.0 Å². The molecule has 0 fully saturated rings. The van der Waals surface area contributed by atoms with Gasteiger partial charge in [0.25, 0.3) is 0 Å². The maximum absolute atomic E-state index is 4.28. The number of hydrogen-bond donors (Lipinski definition) is 0. The zero-order valence-corrected chi connectivity index (χ0v) is 7.62. The van der Waals surface area contributed by atoms with E-state index in [1.54, 1.807) is 12.5 Å². The quantitative estimate of drug-likeness (QED) is 0.668. The lowest BCUT2D eigenvalue weighted by atomic mass is 10.1. The van der Waals surface area contributed by atoms with Gasteiger partial charge in [0.2, 0.25) is 0 Å². The summed E-state index contributed by atoms with van der Waals surface area (Å²) in [5.41, 5.74) is 2.12. The predicted octanol–water partition coefficient (Wildman–Crippen LogP) is 2.75. The minimum absolute atomic E-state index is 0.430. The molecule has 1 rings (SSSR count). The molecule has 0 atom stereocenters. The summed E-state index contributed by atoms with van der Waals surface area (Å²) in [5.74, 6) is 0.430. The number of nitrogens with zero attached hydrogens (tertiary/aromatic N) is 2. The van der Waals surface area contributed by atoms with Crippen LogP contribution in [0.3, 0.4) is 0 Å². The third-order valence-electron chi connectivity index (χ3n) is 1.80. The molecule has 0 radical (unpaired) electrons. The van der Waals surface area contributed by atoms with Gasteiger partial charge in [0.1, 0.15) is 0 Å². The molecule has 1 heterocycles. The van der Waals surface area contributed by atoms with E-state index in [0.29, 0.717) is 5.92 Å². The summed E-state index contributed by atoms with van der Waals surface area (Å²) in [6, 6.07) is 0. The molecule has 0 aromatic carbocycles. The Hall–Kier alpha value is -1.31. The maximum atomic E-state index is 4.28. The van der Waals surface area contributed by atoms with Gasteiger partial charge in [-0.25, -0.2) is 4.98 Å². The summed E-state index contributed by atoms with van der Waals surface area (Å²) in [5, 5.41) is 0. The van der Waals surface area contributed by atoms with Crippen molar-refractivity contribution in [2.75, 3.05) is 0 Å². The molecule has 0 bridgehead atoms. The molecule has 0 aliphatic rings. The summed E-state index contributed by atoms with van der Waals surface area (Å²) in [7, 11) is 0.